The fraction of sp³-hybridized carbons (Fsp3) is 0.562. The predicted octanol–water partition coefficient (Wildman–Crippen LogP) is 4.37. The van der Waals surface area contributed by atoms with Crippen molar-refractivity contribution in [2.24, 2.45) is 5.92 Å². The van der Waals surface area contributed by atoms with Gasteiger partial charge in [0.15, 0.2) is 0 Å². The van der Waals surface area contributed by atoms with E-state index in [0.29, 0.717) is 19.3 Å². The van der Waals surface area contributed by atoms with Crippen molar-refractivity contribution in [1.29, 1.82) is 0 Å². The number of fused-ring (bicyclic) bond motifs is 3. The molecule has 0 unspecified atom stereocenters. The monoisotopic (exact) mass is 661 g/mol. The third kappa shape index (κ3) is 7.76. The number of benzene rings is 1. The molecule has 2 aromatic rings. The molecule has 2 aliphatic heterocycles. The fourth-order valence-corrected chi connectivity index (χ4v) is 6.01. The Morgan fingerprint density at radius 2 is 1.79 bits per heavy atom. The van der Waals surface area contributed by atoms with Gasteiger partial charge in [-0.25, -0.2) is 19.6 Å². The van der Waals surface area contributed by atoms with Crippen LogP contribution in [0, 0.1) is 5.92 Å². The van der Waals surface area contributed by atoms with Gasteiger partial charge in [-0.1, -0.05) is 37.1 Å². The minimum atomic E-state index is -4.92. The molecule has 5 rings (SSSR count). The van der Waals surface area contributed by atoms with Crippen LogP contribution in [0.4, 0.5) is 18.0 Å². The van der Waals surface area contributed by atoms with E-state index in [2.05, 4.69) is 20.6 Å². The highest BCUT2D eigenvalue weighted by atomic mass is 19.4. The van der Waals surface area contributed by atoms with E-state index in [-0.39, 0.29) is 36.8 Å². The lowest BCUT2D eigenvalue weighted by atomic mass is 10.0. The lowest BCUT2D eigenvalue weighted by molar-refractivity contribution is -0.146. The number of hydrogen-bond acceptors (Lipinski definition) is 8. The molecule has 12 nitrogen and oxygen atoms in total. The number of alkyl halides is 3. The van der Waals surface area contributed by atoms with Crippen molar-refractivity contribution in [3.8, 4) is 5.88 Å². The normalized spacial score (nSPS) is 27.1. The molecule has 1 aliphatic carbocycles. The van der Waals surface area contributed by atoms with E-state index in [1.54, 1.807) is 32.9 Å². The van der Waals surface area contributed by atoms with Crippen LogP contribution in [0.5, 0.6) is 5.88 Å². The summed E-state index contributed by atoms with van der Waals surface area (Å²) in [5, 5.41) is 15.2. The van der Waals surface area contributed by atoms with Crippen LogP contribution in [0.3, 0.4) is 0 Å². The minimum Gasteiger partial charge on any atom is -0.479 e. The number of para-hydroxylation sites is 2. The molecule has 254 valence electrons. The molecular weight excluding hydrogens is 623 g/mol. The highest BCUT2D eigenvalue weighted by Gasteiger charge is 2.61. The summed E-state index contributed by atoms with van der Waals surface area (Å²) in [5.74, 6) is -3.98. The van der Waals surface area contributed by atoms with Gasteiger partial charge in [0, 0.05) is 12.3 Å². The van der Waals surface area contributed by atoms with Gasteiger partial charge < -0.3 is 30.1 Å². The average Bonchev–Trinajstić information content (AvgIpc) is 3.51. The summed E-state index contributed by atoms with van der Waals surface area (Å²) in [4.78, 5) is 61.8. The van der Waals surface area contributed by atoms with Crippen LogP contribution >= 0.6 is 0 Å². The van der Waals surface area contributed by atoms with E-state index in [9.17, 15) is 37.5 Å². The zero-order valence-corrected chi connectivity index (χ0v) is 26.3. The van der Waals surface area contributed by atoms with Gasteiger partial charge in [-0.2, -0.15) is 13.2 Å². The second kappa shape index (κ2) is 13.0. The van der Waals surface area contributed by atoms with Crippen molar-refractivity contribution in [3.63, 3.8) is 0 Å². The number of nitrogens with zero attached hydrogens (tertiary/aromatic N) is 3. The predicted molar refractivity (Wildman–Crippen MR) is 161 cm³/mol. The third-order valence-electron chi connectivity index (χ3n) is 8.40. The largest absolute Gasteiger partial charge is 0.479 e. The minimum absolute atomic E-state index is 0.00359. The number of carbonyl (C=O) groups is 4. The molecule has 1 saturated heterocycles. The number of ether oxygens (including phenoxy) is 2. The van der Waals surface area contributed by atoms with Gasteiger partial charge in [0.05, 0.1) is 17.6 Å². The van der Waals surface area contributed by atoms with Crippen molar-refractivity contribution in [1.82, 2.24) is 25.5 Å². The molecule has 3 heterocycles. The van der Waals surface area contributed by atoms with Crippen molar-refractivity contribution in [2.75, 3.05) is 6.54 Å². The van der Waals surface area contributed by atoms with E-state index in [4.69, 9.17) is 9.47 Å². The Kier molecular flexibility index (Phi) is 9.38. The molecule has 0 spiro atoms. The van der Waals surface area contributed by atoms with Crippen LogP contribution in [0.1, 0.15) is 71.4 Å². The SMILES string of the molecule is CC(C)(C)OC(=O)N[C@H]1CCCCCC=C[C@@H]2C[C@@]2(C(=O)O)NC(=O)[C@@H]2C[C@@H](Oc3nc4ccccc4nc3C(F)(F)F)CN2C1=O. The number of nitrogens with one attached hydrogen (secondary N) is 2. The Bertz CT molecular complexity index is 1580. The molecule has 0 radical (unpaired) electrons. The van der Waals surface area contributed by atoms with Crippen LogP contribution in [0.25, 0.3) is 11.0 Å². The number of halogens is 3. The van der Waals surface area contributed by atoms with Crippen LogP contribution < -0.4 is 15.4 Å². The van der Waals surface area contributed by atoms with Crippen molar-refractivity contribution in [3.05, 3.63) is 42.1 Å². The first-order valence-electron chi connectivity index (χ1n) is 15.6. The number of carboxylic acids is 1. The van der Waals surface area contributed by atoms with Crippen molar-refractivity contribution in [2.45, 2.75) is 101 Å². The third-order valence-corrected chi connectivity index (χ3v) is 8.40. The van der Waals surface area contributed by atoms with E-state index in [1.807, 2.05) is 6.08 Å². The number of aromatic nitrogens is 2. The van der Waals surface area contributed by atoms with E-state index < -0.39 is 76.9 Å². The molecule has 3 amide bonds. The first-order valence-corrected chi connectivity index (χ1v) is 15.6. The van der Waals surface area contributed by atoms with Gasteiger partial charge in [-0.05, 0) is 58.6 Å². The second-order valence-corrected chi connectivity index (χ2v) is 13.2. The Balaban J connectivity index is 1.48. The summed E-state index contributed by atoms with van der Waals surface area (Å²) in [6, 6.07) is 3.52. The highest BCUT2D eigenvalue weighted by Crippen LogP contribution is 2.45. The van der Waals surface area contributed by atoms with Gasteiger partial charge >= 0.3 is 18.2 Å². The van der Waals surface area contributed by atoms with Crippen LogP contribution in [-0.4, -0.2) is 79.7 Å². The summed E-state index contributed by atoms with van der Waals surface area (Å²) in [6.07, 6.45) is -0.544. The quantitative estimate of drug-likeness (QED) is 0.405. The summed E-state index contributed by atoms with van der Waals surface area (Å²) in [7, 11) is 0. The standard InChI is InChI=1S/C32H38F3N5O7/c1-30(2,3)47-29(45)38-22-14-8-6-4-5-7-11-18-16-31(18,28(43)44)39-25(41)23-15-19(17-40(23)27(22)42)46-26-24(32(33,34)35)36-20-12-9-10-13-21(20)37-26/h7,9-13,18-19,22-23H,4-6,8,14-17H2,1-3H3,(H,38,45)(H,39,41)(H,43,44)/t18-,19-,22+,23+,31-/m1/s1. The van der Waals surface area contributed by atoms with Crippen LogP contribution in [0.15, 0.2) is 36.4 Å². The molecule has 3 N–H and O–H groups in total. The first-order chi connectivity index (χ1) is 22.1. The van der Waals surface area contributed by atoms with Gasteiger partial charge in [0.2, 0.25) is 23.4 Å². The molecule has 2 fully saturated rings. The highest BCUT2D eigenvalue weighted by molar-refractivity contribution is 5.96. The maximum atomic E-state index is 14.1. The molecule has 1 aromatic heterocycles. The summed E-state index contributed by atoms with van der Waals surface area (Å²) in [6.45, 7) is 4.65. The number of carboxylic acid groups (broad SMARTS) is 1. The van der Waals surface area contributed by atoms with E-state index in [0.717, 1.165) is 11.3 Å². The van der Waals surface area contributed by atoms with Gasteiger partial charge in [0.1, 0.15) is 29.3 Å². The number of aliphatic carboxylic acids is 1. The van der Waals surface area contributed by atoms with Gasteiger partial charge in [0.25, 0.3) is 0 Å². The Labute approximate surface area is 269 Å². The topological polar surface area (TPSA) is 160 Å². The second-order valence-electron chi connectivity index (χ2n) is 13.2. The first kappa shape index (κ1) is 33.9. The zero-order chi connectivity index (χ0) is 34.1. The molecule has 15 heteroatoms. The smallest absolute Gasteiger partial charge is 0.438 e. The summed E-state index contributed by atoms with van der Waals surface area (Å²) in [5.41, 5.74) is -3.66. The number of carbonyl (C=O) groups excluding carboxylic acids is 3. The number of amides is 3. The summed E-state index contributed by atoms with van der Waals surface area (Å²) < 4.78 is 53.3. The maximum absolute atomic E-state index is 14.1. The molecule has 1 aromatic carbocycles. The number of hydrogen-bond donors (Lipinski definition) is 3. The van der Waals surface area contributed by atoms with E-state index in [1.165, 1.54) is 18.2 Å². The lowest BCUT2D eigenvalue weighted by Crippen LogP contribution is -2.56. The van der Waals surface area contributed by atoms with Crippen LogP contribution in [0.2, 0.25) is 0 Å². The Morgan fingerprint density at radius 3 is 2.45 bits per heavy atom. The number of allylic oxidation sites excluding steroid dienone is 1. The molecular formula is C32H38F3N5O7. The van der Waals surface area contributed by atoms with Crippen molar-refractivity contribution >= 4 is 34.9 Å². The molecule has 1 saturated carbocycles. The maximum Gasteiger partial charge on any atom is 0.438 e. The van der Waals surface area contributed by atoms with E-state index >= 15 is 0 Å². The Morgan fingerprint density at radius 1 is 1.09 bits per heavy atom. The van der Waals surface area contributed by atoms with Crippen molar-refractivity contribution < 1.29 is 46.9 Å². The Hall–Kier alpha value is -4.43. The lowest BCUT2D eigenvalue weighted by Gasteiger charge is -2.30. The molecule has 0 bridgehead atoms. The van der Waals surface area contributed by atoms with Gasteiger partial charge in [-0.3, -0.25) is 9.59 Å². The molecule has 3 aliphatic rings. The average molecular weight is 662 g/mol. The van der Waals surface area contributed by atoms with Gasteiger partial charge in [-0.15, -0.1) is 0 Å². The molecule has 47 heavy (non-hydrogen) atoms. The zero-order valence-electron chi connectivity index (χ0n) is 26.3. The molecule has 5 atom stereocenters. The van der Waals surface area contributed by atoms with Crippen LogP contribution in [-0.2, 0) is 25.3 Å². The fourth-order valence-electron chi connectivity index (χ4n) is 6.01. The summed E-state index contributed by atoms with van der Waals surface area (Å²) >= 11 is 0. The number of alkyl carbamates (subject to hydrolysis) is 1. The number of rotatable bonds is 4.